The summed E-state index contributed by atoms with van der Waals surface area (Å²) in [7, 11) is 0. The Bertz CT molecular complexity index is 543. The zero-order valence-electron chi connectivity index (χ0n) is 11.6. The first-order valence-corrected chi connectivity index (χ1v) is 6.43. The van der Waals surface area contributed by atoms with Gasteiger partial charge in [-0.3, -0.25) is 14.5 Å². The first-order chi connectivity index (χ1) is 8.97. The van der Waals surface area contributed by atoms with Crippen LogP contribution in [0, 0.1) is 12.8 Å². The van der Waals surface area contributed by atoms with Crippen LogP contribution in [0.4, 0.5) is 0 Å². The molecule has 0 saturated carbocycles. The quantitative estimate of drug-likeness (QED) is 0.785. The van der Waals surface area contributed by atoms with Crippen molar-refractivity contribution in [3.63, 3.8) is 0 Å². The van der Waals surface area contributed by atoms with Crippen molar-refractivity contribution < 1.29 is 14.1 Å². The molecule has 0 radical (unpaired) electrons. The molecular formula is C14H18N2O3. The fourth-order valence-electron chi connectivity index (χ4n) is 2.40. The number of hydrogen-bond donors (Lipinski definition) is 0. The molecule has 19 heavy (non-hydrogen) atoms. The zero-order valence-corrected chi connectivity index (χ0v) is 11.6. The summed E-state index contributed by atoms with van der Waals surface area (Å²) in [5, 5.41) is 3.96. The molecule has 0 unspecified atom stereocenters. The average Bonchev–Trinajstić information content (AvgIpc) is 2.80. The van der Waals surface area contributed by atoms with Crippen molar-refractivity contribution in [2.45, 2.75) is 40.2 Å². The largest absolute Gasteiger partial charge is 0.360 e. The molecule has 0 N–H and O–H groups in total. The maximum Gasteiger partial charge on any atom is 0.266 e. The summed E-state index contributed by atoms with van der Waals surface area (Å²) < 4.78 is 5.08. The van der Waals surface area contributed by atoms with Crippen LogP contribution < -0.4 is 0 Å². The molecule has 2 rings (SSSR count). The number of carbonyl (C=O) groups excluding carboxylic acids is 2. The molecule has 0 aliphatic carbocycles. The SMILES string of the molecule is C/C=C/C(=O)N1C(=O)c2c(noc2C)[C@@H]1CC(C)C. The molecule has 1 aromatic rings. The van der Waals surface area contributed by atoms with E-state index in [2.05, 4.69) is 5.16 Å². The van der Waals surface area contributed by atoms with Crippen molar-refractivity contribution in [3.8, 4) is 0 Å². The first-order valence-electron chi connectivity index (χ1n) is 6.43. The van der Waals surface area contributed by atoms with Gasteiger partial charge in [-0.05, 0) is 32.3 Å². The minimum atomic E-state index is -0.316. The highest BCUT2D eigenvalue weighted by molar-refractivity contribution is 6.11. The fourth-order valence-corrected chi connectivity index (χ4v) is 2.40. The van der Waals surface area contributed by atoms with Crippen molar-refractivity contribution in [3.05, 3.63) is 29.2 Å². The Morgan fingerprint density at radius 1 is 1.53 bits per heavy atom. The van der Waals surface area contributed by atoms with Crippen LogP contribution in [0.1, 0.15) is 55.0 Å². The molecule has 1 aliphatic heterocycles. The summed E-state index contributed by atoms with van der Waals surface area (Å²) >= 11 is 0. The van der Waals surface area contributed by atoms with E-state index in [0.29, 0.717) is 29.4 Å². The molecule has 1 atom stereocenters. The van der Waals surface area contributed by atoms with Crippen LogP contribution in [0.3, 0.4) is 0 Å². The van der Waals surface area contributed by atoms with Crippen LogP contribution in [0.15, 0.2) is 16.7 Å². The predicted octanol–water partition coefficient (Wildman–Crippen LogP) is 2.63. The maximum absolute atomic E-state index is 12.4. The maximum atomic E-state index is 12.4. The van der Waals surface area contributed by atoms with E-state index in [0.717, 1.165) is 0 Å². The third-order valence-electron chi connectivity index (χ3n) is 3.19. The van der Waals surface area contributed by atoms with Gasteiger partial charge >= 0.3 is 0 Å². The van der Waals surface area contributed by atoms with Gasteiger partial charge in [0.05, 0.1) is 6.04 Å². The van der Waals surface area contributed by atoms with Gasteiger partial charge in [0.1, 0.15) is 17.0 Å². The summed E-state index contributed by atoms with van der Waals surface area (Å²) in [5.74, 6) is 0.226. The van der Waals surface area contributed by atoms with E-state index in [-0.39, 0.29) is 17.9 Å². The molecule has 0 fully saturated rings. The lowest BCUT2D eigenvalue weighted by Gasteiger charge is -2.22. The number of nitrogens with zero attached hydrogens (tertiary/aromatic N) is 2. The Morgan fingerprint density at radius 2 is 2.21 bits per heavy atom. The Hall–Kier alpha value is -1.91. The Morgan fingerprint density at radius 3 is 2.79 bits per heavy atom. The number of carbonyl (C=O) groups is 2. The zero-order chi connectivity index (χ0) is 14.2. The number of imide groups is 1. The third kappa shape index (κ3) is 2.20. The predicted molar refractivity (Wildman–Crippen MR) is 69.4 cm³/mol. The van der Waals surface area contributed by atoms with Gasteiger partial charge in [-0.2, -0.15) is 0 Å². The summed E-state index contributed by atoms with van der Waals surface area (Å²) in [5.41, 5.74) is 1.04. The molecular weight excluding hydrogens is 244 g/mol. The molecule has 1 aliphatic rings. The van der Waals surface area contributed by atoms with Crippen molar-refractivity contribution in [2.75, 3.05) is 0 Å². The van der Waals surface area contributed by atoms with Crippen molar-refractivity contribution in [2.24, 2.45) is 5.92 Å². The second-order valence-electron chi connectivity index (χ2n) is 5.16. The molecule has 2 amide bonds. The van der Waals surface area contributed by atoms with E-state index in [1.54, 1.807) is 19.9 Å². The molecule has 0 aromatic carbocycles. The molecule has 102 valence electrons. The van der Waals surface area contributed by atoms with Crippen molar-refractivity contribution >= 4 is 11.8 Å². The van der Waals surface area contributed by atoms with Gasteiger partial charge in [-0.1, -0.05) is 25.1 Å². The Kier molecular flexibility index (Phi) is 3.55. The fraction of sp³-hybridized carbons (Fsp3) is 0.500. The van der Waals surface area contributed by atoms with E-state index in [1.165, 1.54) is 11.0 Å². The molecule has 0 bridgehead atoms. The van der Waals surface area contributed by atoms with Crippen molar-refractivity contribution in [1.82, 2.24) is 10.1 Å². The second kappa shape index (κ2) is 4.99. The van der Waals surface area contributed by atoms with Gasteiger partial charge in [0.25, 0.3) is 11.8 Å². The average molecular weight is 262 g/mol. The van der Waals surface area contributed by atoms with Crippen LogP contribution in [-0.2, 0) is 4.79 Å². The lowest BCUT2D eigenvalue weighted by molar-refractivity contribution is -0.125. The third-order valence-corrected chi connectivity index (χ3v) is 3.19. The van der Waals surface area contributed by atoms with Gasteiger partial charge in [0.2, 0.25) is 0 Å². The summed E-state index contributed by atoms with van der Waals surface area (Å²) in [6.45, 7) is 7.54. The summed E-state index contributed by atoms with van der Waals surface area (Å²) in [6.07, 6.45) is 3.73. The highest BCUT2D eigenvalue weighted by atomic mass is 16.5. The molecule has 5 heteroatoms. The van der Waals surface area contributed by atoms with E-state index < -0.39 is 0 Å². The number of amides is 2. The number of aryl methyl sites for hydroxylation is 1. The lowest BCUT2D eigenvalue weighted by atomic mass is 10.0. The smallest absolute Gasteiger partial charge is 0.266 e. The van der Waals surface area contributed by atoms with Crippen LogP contribution in [0.2, 0.25) is 0 Å². The first kappa shape index (κ1) is 13.5. The summed E-state index contributed by atoms with van der Waals surface area (Å²) in [4.78, 5) is 25.7. The van der Waals surface area contributed by atoms with Gasteiger partial charge in [0.15, 0.2) is 0 Å². The number of aromatic nitrogens is 1. The highest BCUT2D eigenvalue weighted by Crippen LogP contribution is 2.38. The normalized spacial score (nSPS) is 18.7. The number of rotatable bonds is 3. The topological polar surface area (TPSA) is 63.4 Å². The molecule has 0 saturated heterocycles. The van der Waals surface area contributed by atoms with Gasteiger partial charge < -0.3 is 4.52 Å². The van der Waals surface area contributed by atoms with Crippen LogP contribution in [0.5, 0.6) is 0 Å². The van der Waals surface area contributed by atoms with Crippen LogP contribution >= 0.6 is 0 Å². The second-order valence-corrected chi connectivity index (χ2v) is 5.16. The summed E-state index contributed by atoms with van der Waals surface area (Å²) in [6, 6.07) is -0.316. The number of hydrogen-bond acceptors (Lipinski definition) is 4. The highest BCUT2D eigenvalue weighted by Gasteiger charge is 2.44. The Balaban J connectivity index is 2.44. The van der Waals surface area contributed by atoms with Gasteiger partial charge in [-0.15, -0.1) is 0 Å². The van der Waals surface area contributed by atoms with Crippen LogP contribution in [-0.4, -0.2) is 21.9 Å². The monoisotopic (exact) mass is 262 g/mol. The minimum Gasteiger partial charge on any atom is -0.360 e. The molecule has 0 spiro atoms. The lowest BCUT2D eigenvalue weighted by Crippen LogP contribution is -2.34. The number of allylic oxidation sites excluding steroid dienone is 1. The molecule has 2 heterocycles. The Labute approximate surface area is 112 Å². The van der Waals surface area contributed by atoms with E-state index in [9.17, 15) is 9.59 Å². The molecule has 5 nitrogen and oxygen atoms in total. The van der Waals surface area contributed by atoms with Gasteiger partial charge in [-0.25, -0.2) is 0 Å². The minimum absolute atomic E-state index is 0.296. The standard InChI is InChI=1S/C14H18N2O3/c1-5-6-11(17)16-10(7-8(2)3)13-12(14(16)18)9(4)19-15-13/h5-6,8,10H,7H2,1-4H3/b6-5+/t10-/m0/s1. The number of fused-ring (bicyclic) bond motifs is 1. The van der Waals surface area contributed by atoms with Crippen LogP contribution in [0.25, 0.3) is 0 Å². The van der Waals surface area contributed by atoms with E-state index in [4.69, 9.17) is 4.52 Å². The van der Waals surface area contributed by atoms with E-state index in [1.807, 2.05) is 13.8 Å². The molecule has 1 aromatic heterocycles. The van der Waals surface area contributed by atoms with E-state index >= 15 is 0 Å². The van der Waals surface area contributed by atoms with Crippen molar-refractivity contribution in [1.29, 1.82) is 0 Å². The van der Waals surface area contributed by atoms with Gasteiger partial charge in [0, 0.05) is 0 Å².